The van der Waals surface area contributed by atoms with Crippen LogP contribution in [0, 0.1) is 13.8 Å². The minimum Gasteiger partial charge on any atom is -0.434 e. The van der Waals surface area contributed by atoms with Crippen molar-refractivity contribution in [1.29, 1.82) is 0 Å². The Morgan fingerprint density at radius 1 is 0.872 bits per heavy atom. The van der Waals surface area contributed by atoms with E-state index >= 15 is 0 Å². The summed E-state index contributed by atoms with van der Waals surface area (Å²) < 4.78 is 18.8. The highest BCUT2D eigenvalue weighted by atomic mass is 35.5. The number of para-hydroxylation sites is 1. The Labute approximate surface area is 285 Å². The molecule has 12 nitrogen and oxygen atoms in total. The molecule has 1 saturated carbocycles. The molecule has 0 N–H and O–H groups in total. The van der Waals surface area contributed by atoms with Gasteiger partial charge in [0.25, 0.3) is 5.88 Å². The molecule has 3 heterocycles. The Morgan fingerprint density at radius 2 is 1.55 bits per heavy atom. The number of aryl methyl sites for hydroxylation is 3. The second-order valence-corrected chi connectivity index (χ2v) is 12.5. The summed E-state index contributed by atoms with van der Waals surface area (Å²) in [7, 11) is 1.56. The van der Waals surface area contributed by atoms with Gasteiger partial charge in [-0.15, -0.1) is 10.2 Å². The van der Waals surface area contributed by atoms with Crippen LogP contribution >= 0.6 is 34.8 Å². The third-order valence-corrected chi connectivity index (χ3v) is 8.64. The number of benzene rings is 2. The molecular formula is C32H29Cl3N6O6. The smallest absolute Gasteiger partial charge is 0.416 e. The Kier molecular flexibility index (Phi) is 9.27. The van der Waals surface area contributed by atoms with Gasteiger partial charge in [-0.2, -0.15) is 5.10 Å². The summed E-state index contributed by atoms with van der Waals surface area (Å²) >= 11 is 18.4. The van der Waals surface area contributed by atoms with Gasteiger partial charge in [-0.1, -0.05) is 53.0 Å². The number of hydrogen-bond acceptors (Lipinski definition) is 9. The van der Waals surface area contributed by atoms with Gasteiger partial charge >= 0.3 is 12.2 Å². The number of hydrogen-bond donors (Lipinski definition) is 0. The summed E-state index contributed by atoms with van der Waals surface area (Å²) in [6.07, 6.45) is 0.774. The average Bonchev–Trinajstić information content (AvgIpc) is 3.84. The number of carbonyl (C=O) groups is 3. The summed E-state index contributed by atoms with van der Waals surface area (Å²) in [6, 6.07) is 11.8. The molecule has 244 valence electrons. The van der Waals surface area contributed by atoms with Crippen LogP contribution in [0.25, 0.3) is 0 Å². The van der Waals surface area contributed by atoms with Gasteiger partial charge in [-0.05, 0) is 61.9 Å². The van der Waals surface area contributed by atoms with Crippen LogP contribution in [0.4, 0.5) is 9.59 Å². The molecule has 2 fully saturated rings. The number of rotatable bonds is 7. The van der Waals surface area contributed by atoms with E-state index in [0.29, 0.717) is 22.4 Å². The Bertz CT molecular complexity index is 1890. The minimum atomic E-state index is -0.706. The van der Waals surface area contributed by atoms with E-state index in [-0.39, 0.29) is 65.0 Å². The second kappa shape index (κ2) is 13.4. The Hall–Kier alpha value is -4.39. The van der Waals surface area contributed by atoms with E-state index in [1.165, 1.54) is 32.7 Å². The molecule has 4 aromatic rings. The van der Waals surface area contributed by atoms with E-state index in [4.69, 9.17) is 49.0 Å². The van der Waals surface area contributed by atoms with Gasteiger partial charge in [0.2, 0.25) is 11.7 Å². The number of nitrogens with zero attached hydrogens (tertiary/aromatic N) is 6. The predicted molar refractivity (Wildman–Crippen MR) is 173 cm³/mol. The van der Waals surface area contributed by atoms with Gasteiger partial charge in [-0.3, -0.25) is 4.79 Å². The Balaban J connectivity index is 1.11. The maximum Gasteiger partial charge on any atom is 0.416 e. The van der Waals surface area contributed by atoms with Crippen molar-refractivity contribution in [3.63, 3.8) is 0 Å². The van der Waals surface area contributed by atoms with Crippen molar-refractivity contribution in [2.75, 3.05) is 26.2 Å². The Morgan fingerprint density at radius 3 is 2.21 bits per heavy atom. The summed E-state index contributed by atoms with van der Waals surface area (Å²) in [6.45, 7) is 4.15. The largest absolute Gasteiger partial charge is 0.434 e. The number of amides is 2. The lowest BCUT2D eigenvalue weighted by atomic mass is 10.0. The first-order valence-corrected chi connectivity index (χ1v) is 15.9. The average molecular weight is 700 g/mol. The fourth-order valence-electron chi connectivity index (χ4n) is 5.31. The maximum atomic E-state index is 13.4. The topological polar surface area (TPSA) is 129 Å². The zero-order valence-corrected chi connectivity index (χ0v) is 27.9. The van der Waals surface area contributed by atoms with Crippen molar-refractivity contribution in [3.05, 3.63) is 85.6 Å². The quantitative estimate of drug-likeness (QED) is 0.187. The number of ether oxygens (including phenoxy) is 3. The molecule has 2 aromatic heterocycles. The van der Waals surface area contributed by atoms with Crippen LogP contribution in [0.5, 0.6) is 23.3 Å². The zero-order chi connectivity index (χ0) is 33.4. The van der Waals surface area contributed by atoms with E-state index in [1.54, 1.807) is 20.0 Å². The number of carbonyl (C=O) groups excluding carboxylic acids is 3. The predicted octanol–water partition coefficient (Wildman–Crippen LogP) is 7.00. The molecule has 2 aromatic carbocycles. The monoisotopic (exact) mass is 698 g/mol. The van der Waals surface area contributed by atoms with Crippen LogP contribution in [0.1, 0.15) is 51.5 Å². The van der Waals surface area contributed by atoms with E-state index < -0.39 is 18.0 Å². The van der Waals surface area contributed by atoms with Crippen molar-refractivity contribution in [2.24, 2.45) is 7.05 Å². The molecule has 0 radical (unpaired) electrons. The lowest BCUT2D eigenvalue weighted by Crippen LogP contribution is -2.52. The lowest BCUT2D eigenvalue weighted by Gasteiger charge is -2.33. The van der Waals surface area contributed by atoms with Gasteiger partial charge < -0.3 is 24.0 Å². The molecule has 47 heavy (non-hydrogen) atoms. The van der Waals surface area contributed by atoms with Gasteiger partial charge in [0.15, 0.2) is 10.9 Å². The fourth-order valence-corrected chi connectivity index (χ4v) is 5.94. The van der Waals surface area contributed by atoms with Gasteiger partial charge in [0.1, 0.15) is 11.3 Å². The fraction of sp³-hybridized carbons (Fsp3) is 0.312. The van der Waals surface area contributed by atoms with Gasteiger partial charge in [0.05, 0.1) is 10.7 Å². The van der Waals surface area contributed by atoms with Gasteiger partial charge in [-0.25, -0.2) is 14.3 Å². The first-order chi connectivity index (χ1) is 22.5. The summed E-state index contributed by atoms with van der Waals surface area (Å²) in [5, 5.41) is 12.8. The molecule has 0 spiro atoms. The van der Waals surface area contributed by atoms with Crippen LogP contribution in [-0.4, -0.2) is 73.9 Å². The summed E-state index contributed by atoms with van der Waals surface area (Å²) in [5.41, 5.74) is 2.63. The summed E-state index contributed by atoms with van der Waals surface area (Å²) in [5.74, 6) is 0.603. The highest BCUT2D eigenvalue weighted by Crippen LogP contribution is 2.47. The highest BCUT2D eigenvalue weighted by molar-refractivity contribution is 6.37. The SMILES string of the molecule is Cc1cccc(C2CC2)c1Oc1nnc(Cl)cc1OC(=O)N1CCN(C(=O)Oc2c(C(=O)c3ccc(Cl)cc3Cl)c(C)nn2C)CC1. The molecule has 15 heteroatoms. The van der Waals surface area contributed by atoms with Crippen molar-refractivity contribution >= 4 is 52.8 Å². The molecular weight excluding hydrogens is 671 g/mol. The van der Waals surface area contributed by atoms with Crippen molar-refractivity contribution in [3.8, 4) is 23.3 Å². The first kappa shape index (κ1) is 32.5. The third kappa shape index (κ3) is 6.99. The van der Waals surface area contributed by atoms with E-state index in [0.717, 1.165) is 24.0 Å². The zero-order valence-electron chi connectivity index (χ0n) is 25.6. The van der Waals surface area contributed by atoms with Crippen LogP contribution in [0.15, 0.2) is 42.5 Å². The molecule has 2 aliphatic rings. The molecule has 1 saturated heterocycles. The molecule has 6 rings (SSSR count). The third-order valence-electron chi connectivity index (χ3n) is 7.91. The molecule has 1 aliphatic heterocycles. The van der Waals surface area contributed by atoms with E-state index in [1.807, 2.05) is 25.1 Å². The van der Waals surface area contributed by atoms with Crippen molar-refractivity contribution in [1.82, 2.24) is 29.8 Å². The lowest BCUT2D eigenvalue weighted by molar-refractivity contribution is 0.0973. The second-order valence-electron chi connectivity index (χ2n) is 11.3. The normalized spacial score (nSPS) is 14.6. The first-order valence-electron chi connectivity index (χ1n) is 14.8. The number of aromatic nitrogens is 4. The molecule has 0 bridgehead atoms. The van der Waals surface area contributed by atoms with Crippen LogP contribution in [0.2, 0.25) is 15.2 Å². The minimum absolute atomic E-state index is 0.0119. The molecule has 2 amide bonds. The van der Waals surface area contributed by atoms with Crippen LogP contribution in [0.3, 0.4) is 0 Å². The number of halogens is 3. The number of ketones is 1. The van der Waals surface area contributed by atoms with Crippen molar-refractivity contribution in [2.45, 2.75) is 32.6 Å². The van der Waals surface area contributed by atoms with Crippen LogP contribution in [-0.2, 0) is 7.05 Å². The molecule has 0 unspecified atom stereocenters. The van der Waals surface area contributed by atoms with Crippen LogP contribution < -0.4 is 14.2 Å². The standard InChI is InChI=1S/C32H29Cl3N6O6/c1-17-5-4-6-21(19-7-8-19)28(17)46-29-24(16-25(35)36-37-29)45-31(43)40-11-13-41(14-12-40)32(44)47-30-26(18(2)38-39(30)3)27(42)22-10-9-20(33)15-23(22)34/h4-6,9-10,15-16,19H,7-8,11-14H2,1-3H3. The van der Waals surface area contributed by atoms with Gasteiger partial charge in [0, 0.05) is 49.9 Å². The molecule has 0 atom stereocenters. The van der Waals surface area contributed by atoms with E-state index in [2.05, 4.69) is 15.3 Å². The van der Waals surface area contributed by atoms with Crippen molar-refractivity contribution < 1.29 is 28.6 Å². The molecule has 1 aliphatic carbocycles. The van der Waals surface area contributed by atoms with E-state index in [9.17, 15) is 14.4 Å². The summed E-state index contributed by atoms with van der Waals surface area (Å²) in [4.78, 5) is 42.7. The maximum absolute atomic E-state index is 13.4. The number of piperazine rings is 1. The highest BCUT2D eigenvalue weighted by Gasteiger charge is 2.32.